The summed E-state index contributed by atoms with van der Waals surface area (Å²) in [7, 11) is 0. The summed E-state index contributed by atoms with van der Waals surface area (Å²) in [5.74, 6) is -0.0739. The minimum Gasteiger partial charge on any atom is -0.466 e. The van der Waals surface area contributed by atoms with Crippen molar-refractivity contribution >= 4 is 11.9 Å². The number of rotatable bonds is 52. The first-order valence-electron chi connectivity index (χ1n) is 28.4. The topological polar surface area (TPSA) is 95.9 Å². The number of unbranched alkanes of at least 4 members (excludes halogenated alkanes) is 34. The summed E-state index contributed by atoms with van der Waals surface area (Å²) in [5, 5.41) is 23.3. The smallest absolute Gasteiger partial charge is 0.305 e. The van der Waals surface area contributed by atoms with Crippen LogP contribution in [0.4, 0.5) is 0 Å². The summed E-state index contributed by atoms with van der Waals surface area (Å²) in [6.45, 7) is 4.84. The zero-order chi connectivity index (χ0) is 47.2. The molecule has 0 saturated carbocycles. The maximum atomic E-state index is 12.5. The van der Waals surface area contributed by atoms with Crippen LogP contribution in [0.2, 0.25) is 0 Å². The molecule has 0 spiro atoms. The van der Waals surface area contributed by atoms with E-state index in [2.05, 4.69) is 67.8 Å². The summed E-state index contributed by atoms with van der Waals surface area (Å²) in [4.78, 5) is 24.5. The number of nitrogens with one attached hydrogen (secondary N) is 1. The van der Waals surface area contributed by atoms with Gasteiger partial charge in [-0.1, -0.05) is 242 Å². The second-order valence-corrected chi connectivity index (χ2v) is 19.3. The molecule has 0 aromatic carbocycles. The fourth-order valence-corrected chi connectivity index (χ4v) is 8.49. The Balaban J connectivity index is 3.50. The quantitative estimate of drug-likeness (QED) is 0.0245. The van der Waals surface area contributed by atoms with Gasteiger partial charge in [0.15, 0.2) is 0 Å². The SMILES string of the molecule is CCC/C=C\C/C=C\CCCCCCCC(=O)OCCCCC/C=C\C=C/CCCCCCCCCCCCC(=O)NC(CO)C(O)CCCCCCCCCCCCCCCCCC. The highest BCUT2D eigenvalue weighted by molar-refractivity contribution is 5.76. The van der Waals surface area contributed by atoms with Gasteiger partial charge in [-0.3, -0.25) is 9.59 Å². The van der Waals surface area contributed by atoms with Crippen LogP contribution in [-0.2, 0) is 14.3 Å². The Morgan fingerprint density at radius 3 is 1.32 bits per heavy atom. The van der Waals surface area contributed by atoms with Crippen LogP contribution in [0.3, 0.4) is 0 Å². The number of ether oxygens (including phenoxy) is 1. The zero-order valence-electron chi connectivity index (χ0n) is 43.2. The van der Waals surface area contributed by atoms with Gasteiger partial charge in [0.2, 0.25) is 5.91 Å². The largest absolute Gasteiger partial charge is 0.466 e. The van der Waals surface area contributed by atoms with Crippen molar-refractivity contribution in [3.8, 4) is 0 Å². The lowest BCUT2D eigenvalue weighted by molar-refractivity contribution is -0.143. The van der Waals surface area contributed by atoms with Crippen molar-refractivity contribution in [2.75, 3.05) is 13.2 Å². The lowest BCUT2D eigenvalue weighted by atomic mass is 10.0. The lowest BCUT2D eigenvalue weighted by Gasteiger charge is -2.22. The molecule has 65 heavy (non-hydrogen) atoms. The van der Waals surface area contributed by atoms with Crippen LogP contribution >= 0.6 is 0 Å². The molecule has 0 aromatic heterocycles. The van der Waals surface area contributed by atoms with Crippen LogP contribution in [0.1, 0.15) is 290 Å². The predicted molar refractivity (Wildman–Crippen MR) is 282 cm³/mol. The maximum absolute atomic E-state index is 12.5. The van der Waals surface area contributed by atoms with Crippen molar-refractivity contribution in [2.24, 2.45) is 0 Å². The average Bonchev–Trinajstić information content (AvgIpc) is 3.31. The summed E-state index contributed by atoms with van der Waals surface area (Å²) < 4.78 is 5.43. The standard InChI is InChI=1S/C59H109NO5/c1-3-5-7-9-11-13-15-17-18-24-28-31-35-39-43-47-51-57(62)56(55-61)60-58(63)52-48-44-40-36-32-29-25-22-20-19-21-23-26-30-34-38-42-46-50-54-65-59(64)53-49-45-41-37-33-27-16-14-12-10-8-6-4-2/h8,10,14,16,23,26,30,34,56-57,61-62H,3-7,9,11-13,15,17-22,24-25,27-29,31-33,35-55H2,1-2H3,(H,60,63)/b10-8-,16-14-,26-23-,34-30-. The third-order valence-electron chi connectivity index (χ3n) is 12.9. The van der Waals surface area contributed by atoms with Gasteiger partial charge < -0.3 is 20.3 Å². The van der Waals surface area contributed by atoms with E-state index in [1.165, 1.54) is 173 Å². The van der Waals surface area contributed by atoms with Gasteiger partial charge >= 0.3 is 5.97 Å². The van der Waals surface area contributed by atoms with E-state index < -0.39 is 12.1 Å². The number of hydrogen-bond donors (Lipinski definition) is 3. The first-order valence-corrected chi connectivity index (χ1v) is 28.4. The van der Waals surface area contributed by atoms with E-state index in [0.717, 1.165) is 83.5 Å². The molecule has 0 heterocycles. The molecule has 6 nitrogen and oxygen atoms in total. The fraction of sp³-hybridized carbons (Fsp3) is 0.831. The second kappa shape index (κ2) is 54.4. The van der Waals surface area contributed by atoms with Gasteiger partial charge in [0, 0.05) is 12.8 Å². The summed E-state index contributed by atoms with van der Waals surface area (Å²) in [5.41, 5.74) is 0. The van der Waals surface area contributed by atoms with Gasteiger partial charge in [-0.2, -0.15) is 0 Å². The number of allylic oxidation sites excluding steroid dienone is 8. The van der Waals surface area contributed by atoms with Crippen LogP contribution in [0.15, 0.2) is 48.6 Å². The summed E-state index contributed by atoms with van der Waals surface area (Å²) in [6.07, 6.45) is 68.1. The summed E-state index contributed by atoms with van der Waals surface area (Å²) >= 11 is 0. The van der Waals surface area contributed by atoms with E-state index in [0.29, 0.717) is 25.9 Å². The molecule has 0 rings (SSSR count). The minimum atomic E-state index is -0.672. The lowest BCUT2D eigenvalue weighted by Crippen LogP contribution is -2.45. The van der Waals surface area contributed by atoms with E-state index in [1.807, 2.05) is 0 Å². The number of carbonyl (C=O) groups excluding carboxylic acids is 2. The van der Waals surface area contributed by atoms with Crippen LogP contribution < -0.4 is 5.32 Å². The number of amides is 1. The van der Waals surface area contributed by atoms with Crippen molar-refractivity contribution in [1.29, 1.82) is 0 Å². The van der Waals surface area contributed by atoms with Gasteiger partial charge in [-0.05, 0) is 83.5 Å². The minimum absolute atomic E-state index is 0.0291. The zero-order valence-corrected chi connectivity index (χ0v) is 43.2. The van der Waals surface area contributed by atoms with E-state index in [-0.39, 0.29) is 18.5 Å². The molecule has 0 saturated heterocycles. The van der Waals surface area contributed by atoms with Crippen molar-refractivity contribution in [3.63, 3.8) is 0 Å². The number of aliphatic hydroxyl groups excluding tert-OH is 2. The monoisotopic (exact) mass is 912 g/mol. The van der Waals surface area contributed by atoms with Crippen molar-refractivity contribution in [1.82, 2.24) is 5.32 Å². The van der Waals surface area contributed by atoms with Gasteiger partial charge in [0.05, 0.1) is 25.4 Å². The highest BCUT2D eigenvalue weighted by Crippen LogP contribution is 2.17. The molecule has 0 fully saturated rings. The predicted octanol–water partition coefficient (Wildman–Crippen LogP) is 17.4. The molecular formula is C59H109NO5. The molecule has 3 N–H and O–H groups in total. The molecule has 2 atom stereocenters. The van der Waals surface area contributed by atoms with Gasteiger partial charge in [0.1, 0.15) is 0 Å². The highest BCUT2D eigenvalue weighted by Gasteiger charge is 2.20. The summed E-state index contributed by atoms with van der Waals surface area (Å²) in [6, 6.07) is -0.550. The normalized spacial score (nSPS) is 13.0. The molecule has 6 heteroatoms. The molecule has 0 bridgehead atoms. The maximum Gasteiger partial charge on any atom is 0.305 e. The number of hydrogen-bond acceptors (Lipinski definition) is 5. The molecular weight excluding hydrogens is 803 g/mol. The van der Waals surface area contributed by atoms with E-state index in [9.17, 15) is 19.8 Å². The number of esters is 1. The van der Waals surface area contributed by atoms with Crippen molar-refractivity contribution < 1.29 is 24.5 Å². The Labute approximate surface area is 404 Å². The van der Waals surface area contributed by atoms with Crippen LogP contribution in [0.5, 0.6) is 0 Å². The van der Waals surface area contributed by atoms with Crippen molar-refractivity contribution in [3.05, 3.63) is 48.6 Å². The fourth-order valence-electron chi connectivity index (χ4n) is 8.49. The van der Waals surface area contributed by atoms with Gasteiger partial charge in [0.25, 0.3) is 0 Å². The molecule has 0 aromatic rings. The Morgan fingerprint density at radius 2 is 0.846 bits per heavy atom. The van der Waals surface area contributed by atoms with Gasteiger partial charge in [-0.15, -0.1) is 0 Å². The highest BCUT2D eigenvalue weighted by atomic mass is 16.5. The number of carbonyl (C=O) groups is 2. The Hall–Kier alpha value is -2.18. The number of aliphatic hydroxyl groups is 2. The van der Waals surface area contributed by atoms with Crippen molar-refractivity contribution in [2.45, 2.75) is 302 Å². The Bertz CT molecular complexity index is 1100. The van der Waals surface area contributed by atoms with Crippen LogP contribution in [0, 0.1) is 0 Å². The average molecular weight is 913 g/mol. The first kappa shape index (κ1) is 62.8. The van der Waals surface area contributed by atoms with Crippen LogP contribution in [-0.4, -0.2) is 47.4 Å². The third-order valence-corrected chi connectivity index (χ3v) is 12.9. The molecule has 0 aliphatic carbocycles. The van der Waals surface area contributed by atoms with E-state index >= 15 is 0 Å². The third kappa shape index (κ3) is 51.1. The first-order chi connectivity index (χ1) is 32.0. The van der Waals surface area contributed by atoms with Crippen LogP contribution in [0.25, 0.3) is 0 Å². The molecule has 2 unspecified atom stereocenters. The van der Waals surface area contributed by atoms with Gasteiger partial charge in [-0.25, -0.2) is 0 Å². The molecule has 380 valence electrons. The molecule has 0 aliphatic heterocycles. The van der Waals surface area contributed by atoms with E-state index in [4.69, 9.17) is 4.74 Å². The second-order valence-electron chi connectivity index (χ2n) is 19.3. The molecule has 0 radical (unpaired) electrons. The van der Waals surface area contributed by atoms with E-state index in [1.54, 1.807) is 0 Å². The molecule has 1 amide bonds. The Morgan fingerprint density at radius 1 is 0.446 bits per heavy atom. The Kier molecular flexibility index (Phi) is 52.6. The molecule has 0 aliphatic rings.